The number of ether oxygens (including phenoxy) is 1. The molecule has 0 radical (unpaired) electrons. The minimum absolute atomic E-state index is 0.192. The molecule has 2 rings (SSSR count). The second kappa shape index (κ2) is 8.80. The van der Waals surface area contributed by atoms with Gasteiger partial charge >= 0.3 is 0 Å². The van der Waals surface area contributed by atoms with Crippen LogP contribution in [0.15, 0.2) is 46.9 Å². The lowest BCUT2D eigenvalue weighted by Crippen LogP contribution is -3.08. The number of rotatable bonds is 7. The van der Waals surface area contributed by atoms with Crippen molar-refractivity contribution in [3.05, 3.63) is 58.3 Å². The van der Waals surface area contributed by atoms with Crippen LogP contribution in [0.3, 0.4) is 0 Å². The molecule has 0 heterocycles. The third-order valence-electron chi connectivity index (χ3n) is 3.41. The van der Waals surface area contributed by atoms with Crippen molar-refractivity contribution < 1.29 is 18.8 Å². The summed E-state index contributed by atoms with van der Waals surface area (Å²) < 4.78 is 19.8. The molecular weight excluding hydrogens is 375 g/mol. The van der Waals surface area contributed by atoms with Crippen molar-refractivity contribution in [1.82, 2.24) is 0 Å². The fourth-order valence-corrected chi connectivity index (χ4v) is 2.67. The van der Waals surface area contributed by atoms with Gasteiger partial charge in [0.25, 0.3) is 5.91 Å². The molecule has 6 heteroatoms. The van der Waals surface area contributed by atoms with E-state index >= 15 is 0 Å². The number of nitrogens with one attached hydrogen (secondary N) is 2. The second-order valence-electron chi connectivity index (χ2n) is 5.56. The largest absolute Gasteiger partial charge is 0.494 e. The summed E-state index contributed by atoms with van der Waals surface area (Å²) in [5, 5.41) is 2.60. The van der Waals surface area contributed by atoms with Gasteiger partial charge in [0.2, 0.25) is 0 Å². The Hall–Kier alpha value is -1.92. The molecular formula is C18H21BrFN2O2+. The van der Waals surface area contributed by atoms with Crippen LogP contribution in [0.5, 0.6) is 5.75 Å². The van der Waals surface area contributed by atoms with Crippen LogP contribution >= 0.6 is 15.9 Å². The molecule has 4 nitrogen and oxygen atoms in total. The van der Waals surface area contributed by atoms with Crippen LogP contribution in [0.1, 0.15) is 12.5 Å². The molecule has 1 atom stereocenters. The van der Waals surface area contributed by atoms with E-state index in [-0.39, 0.29) is 18.1 Å². The highest BCUT2D eigenvalue weighted by Gasteiger charge is 2.13. The zero-order valence-corrected chi connectivity index (χ0v) is 15.3. The number of hydrogen-bond donors (Lipinski definition) is 2. The van der Waals surface area contributed by atoms with E-state index in [0.29, 0.717) is 17.6 Å². The predicted molar refractivity (Wildman–Crippen MR) is 95.8 cm³/mol. The highest BCUT2D eigenvalue weighted by Crippen LogP contribution is 2.19. The summed E-state index contributed by atoms with van der Waals surface area (Å²) in [5.74, 6) is 0.156. The molecule has 0 spiro atoms. The number of amides is 1. The molecule has 128 valence electrons. The number of benzene rings is 2. The zero-order valence-electron chi connectivity index (χ0n) is 13.7. The lowest BCUT2D eigenvalue weighted by molar-refractivity contribution is -0.885. The Balaban J connectivity index is 1.86. The Bertz CT molecular complexity index is 692. The maximum Gasteiger partial charge on any atom is 0.279 e. The molecule has 2 N–H and O–H groups in total. The summed E-state index contributed by atoms with van der Waals surface area (Å²) in [7, 11) is 1.92. The Morgan fingerprint density at radius 2 is 1.96 bits per heavy atom. The second-order valence-corrected chi connectivity index (χ2v) is 6.48. The van der Waals surface area contributed by atoms with E-state index < -0.39 is 5.82 Å². The van der Waals surface area contributed by atoms with Crippen molar-refractivity contribution in [3.8, 4) is 5.75 Å². The first-order chi connectivity index (χ1) is 11.5. The van der Waals surface area contributed by atoms with Crippen molar-refractivity contribution >= 4 is 27.5 Å². The van der Waals surface area contributed by atoms with Gasteiger partial charge in [0.15, 0.2) is 6.54 Å². The average molecular weight is 396 g/mol. The van der Waals surface area contributed by atoms with Gasteiger partial charge < -0.3 is 15.0 Å². The van der Waals surface area contributed by atoms with Crippen LogP contribution in [-0.2, 0) is 11.3 Å². The number of carbonyl (C=O) groups excluding carboxylic acids is 1. The molecule has 0 saturated heterocycles. The summed E-state index contributed by atoms with van der Waals surface area (Å²) in [5.41, 5.74) is 1.30. The van der Waals surface area contributed by atoms with Gasteiger partial charge in [0.1, 0.15) is 18.1 Å². The van der Waals surface area contributed by atoms with Gasteiger partial charge in [-0.1, -0.05) is 15.9 Å². The molecule has 0 aliphatic rings. The minimum atomic E-state index is -0.457. The maximum absolute atomic E-state index is 13.7. The smallest absolute Gasteiger partial charge is 0.279 e. The lowest BCUT2D eigenvalue weighted by Gasteiger charge is -2.14. The quantitative estimate of drug-likeness (QED) is 0.756. The first kappa shape index (κ1) is 18.4. The topological polar surface area (TPSA) is 42.8 Å². The van der Waals surface area contributed by atoms with Gasteiger partial charge in [-0.15, -0.1) is 0 Å². The van der Waals surface area contributed by atoms with Crippen LogP contribution in [0, 0.1) is 5.82 Å². The number of carbonyl (C=O) groups is 1. The Kier molecular flexibility index (Phi) is 6.75. The summed E-state index contributed by atoms with van der Waals surface area (Å²) in [4.78, 5) is 13.1. The van der Waals surface area contributed by atoms with Gasteiger partial charge in [-0.05, 0) is 49.4 Å². The lowest BCUT2D eigenvalue weighted by atomic mass is 10.2. The van der Waals surface area contributed by atoms with Crippen LogP contribution in [0.4, 0.5) is 10.1 Å². The molecule has 0 aliphatic carbocycles. The SMILES string of the molecule is CCOc1ccc(C[NH+](C)CC(=O)Nc2ccc(Br)cc2F)cc1. The number of quaternary nitrogens is 1. The third kappa shape index (κ3) is 5.62. The van der Waals surface area contributed by atoms with E-state index in [4.69, 9.17) is 4.74 Å². The van der Waals surface area contributed by atoms with E-state index in [1.807, 2.05) is 38.2 Å². The molecule has 1 amide bonds. The first-order valence-corrected chi connectivity index (χ1v) is 8.55. The molecule has 0 saturated carbocycles. The van der Waals surface area contributed by atoms with Crippen molar-refractivity contribution in [3.63, 3.8) is 0 Å². The molecule has 0 aromatic heterocycles. The Morgan fingerprint density at radius 1 is 1.25 bits per heavy atom. The monoisotopic (exact) mass is 395 g/mol. The van der Waals surface area contributed by atoms with Crippen LogP contribution in [0.25, 0.3) is 0 Å². The van der Waals surface area contributed by atoms with Crippen molar-refractivity contribution in [2.24, 2.45) is 0 Å². The minimum Gasteiger partial charge on any atom is -0.494 e. The maximum atomic E-state index is 13.7. The molecule has 2 aromatic rings. The summed E-state index contributed by atoms with van der Waals surface area (Å²) in [6, 6.07) is 12.4. The molecule has 0 bridgehead atoms. The van der Waals surface area contributed by atoms with Crippen LogP contribution in [-0.4, -0.2) is 26.1 Å². The number of anilines is 1. The molecule has 0 fully saturated rings. The molecule has 2 aromatic carbocycles. The van der Waals surface area contributed by atoms with Crippen molar-refractivity contribution in [2.75, 3.05) is 25.5 Å². The Labute approximate surface area is 149 Å². The van der Waals surface area contributed by atoms with E-state index in [0.717, 1.165) is 16.2 Å². The fraction of sp³-hybridized carbons (Fsp3) is 0.278. The first-order valence-electron chi connectivity index (χ1n) is 7.76. The highest BCUT2D eigenvalue weighted by molar-refractivity contribution is 9.10. The van der Waals surface area contributed by atoms with Crippen LogP contribution < -0.4 is 15.0 Å². The van der Waals surface area contributed by atoms with Gasteiger partial charge in [-0.2, -0.15) is 0 Å². The fourth-order valence-electron chi connectivity index (χ4n) is 2.34. The van der Waals surface area contributed by atoms with Gasteiger partial charge in [0, 0.05) is 10.0 Å². The molecule has 24 heavy (non-hydrogen) atoms. The van der Waals surface area contributed by atoms with Crippen molar-refractivity contribution in [2.45, 2.75) is 13.5 Å². The number of likely N-dealkylation sites (N-methyl/N-ethyl adjacent to an activating group) is 1. The number of hydrogen-bond acceptors (Lipinski definition) is 2. The third-order valence-corrected chi connectivity index (χ3v) is 3.90. The van der Waals surface area contributed by atoms with Gasteiger partial charge in [-0.3, -0.25) is 4.79 Å². The van der Waals surface area contributed by atoms with E-state index in [1.165, 1.54) is 6.07 Å². The zero-order chi connectivity index (χ0) is 17.5. The summed E-state index contributed by atoms with van der Waals surface area (Å²) in [6.45, 7) is 3.53. The molecule has 1 unspecified atom stereocenters. The van der Waals surface area contributed by atoms with E-state index in [2.05, 4.69) is 21.2 Å². The van der Waals surface area contributed by atoms with Gasteiger partial charge in [0.05, 0.1) is 19.3 Å². The van der Waals surface area contributed by atoms with Gasteiger partial charge in [-0.25, -0.2) is 4.39 Å². The summed E-state index contributed by atoms with van der Waals surface area (Å²) >= 11 is 3.19. The number of halogens is 2. The average Bonchev–Trinajstić information content (AvgIpc) is 2.52. The van der Waals surface area contributed by atoms with E-state index in [1.54, 1.807) is 12.1 Å². The van der Waals surface area contributed by atoms with Crippen LogP contribution in [0.2, 0.25) is 0 Å². The standard InChI is InChI=1S/C18H20BrFN2O2/c1-3-24-15-7-4-13(5-8-15)11-22(2)12-18(23)21-17-9-6-14(19)10-16(17)20/h4-10H,3,11-12H2,1-2H3,(H,21,23)/p+1. The highest BCUT2D eigenvalue weighted by atomic mass is 79.9. The summed E-state index contributed by atoms with van der Waals surface area (Å²) in [6.07, 6.45) is 0. The normalized spacial score (nSPS) is 11.8. The van der Waals surface area contributed by atoms with Crippen molar-refractivity contribution in [1.29, 1.82) is 0 Å². The predicted octanol–water partition coefficient (Wildman–Crippen LogP) is 2.64. The van der Waals surface area contributed by atoms with E-state index in [9.17, 15) is 9.18 Å². The molecule has 0 aliphatic heterocycles. The Morgan fingerprint density at radius 3 is 2.58 bits per heavy atom.